The van der Waals surface area contributed by atoms with Gasteiger partial charge < -0.3 is 10.2 Å². The van der Waals surface area contributed by atoms with Crippen LogP contribution in [0.5, 0.6) is 0 Å². The molecule has 4 heteroatoms. The zero-order chi connectivity index (χ0) is 13.8. The van der Waals surface area contributed by atoms with Gasteiger partial charge in [-0.2, -0.15) is 0 Å². The van der Waals surface area contributed by atoms with Gasteiger partial charge in [0.2, 0.25) is 0 Å². The van der Waals surface area contributed by atoms with E-state index in [1.54, 1.807) is 0 Å². The number of likely N-dealkylation sites (tertiary alicyclic amines) is 1. The minimum Gasteiger partial charge on any atom is -0.352 e. The molecule has 1 aliphatic rings. The van der Waals surface area contributed by atoms with Crippen LogP contribution in [0.4, 0.5) is 0 Å². The lowest BCUT2D eigenvalue weighted by atomic mass is 10.1. The van der Waals surface area contributed by atoms with Gasteiger partial charge in [-0.1, -0.05) is 13.0 Å². The summed E-state index contributed by atoms with van der Waals surface area (Å²) in [7, 11) is 0. The number of hydrogen-bond donors (Lipinski definition) is 1. The summed E-state index contributed by atoms with van der Waals surface area (Å²) in [4.78, 5) is 14.6. The van der Waals surface area contributed by atoms with E-state index in [4.69, 9.17) is 0 Å². The topological polar surface area (TPSA) is 32.3 Å². The largest absolute Gasteiger partial charge is 0.352 e. The van der Waals surface area contributed by atoms with Gasteiger partial charge >= 0.3 is 0 Å². The maximum absolute atomic E-state index is 12.1. The van der Waals surface area contributed by atoms with Crippen LogP contribution in [-0.4, -0.2) is 37.0 Å². The summed E-state index contributed by atoms with van der Waals surface area (Å²) in [5, 5.41) is 3.05. The lowest BCUT2D eigenvalue weighted by Crippen LogP contribution is -2.31. The fourth-order valence-corrected chi connectivity index (χ4v) is 3.18. The molecule has 2 rings (SSSR count). The SMILES string of the molecule is CCN1CCC(CNC(=O)c2ccc(C)cc2Br)C1. The average Bonchev–Trinajstić information content (AvgIpc) is 2.84. The first-order chi connectivity index (χ1) is 9.10. The molecule has 19 heavy (non-hydrogen) atoms. The third-order valence-electron chi connectivity index (χ3n) is 3.74. The molecule has 0 aromatic heterocycles. The van der Waals surface area contributed by atoms with Crippen LogP contribution in [-0.2, 0) is 0 Å². The highest BCUT2D eigenvalue weighted by atomic mass is 79.9. The predicted molar refractivity (Wildman–Crippen MR) is 81.4 cm³/mol. The van der Waals surface area contributed by atoms with Crippen molar-refractivity contribution in [1.29, 1.82) is 0 Å². The van der Waals surface area contributed by atoms with Crippen molar-refractivity contribution in [3.05, 3.63) is 33.8 Å². The fourth-order valence-electron chi connectivity index (χ4n) is 2.50. The van der Waals surface area contributed by atoms with Crippen molar-refractivity contribution in [2.75, 3.05) is 26.2 Å². The first-order valence-electron chi connectivity index (χ1n) is 6.87. The number of hydrogen-bond acceptors (Lipinski definition) is 2. The predicted octanol–water partition coefficient (Wildman–Crippen LogP) is 2.83. The van der Waals surface area contributed by atoms with Crippen molar-refractivity contribution in [3.8, 4) is 0 Å². The van der Waals surface area contributed by atoms with E-state index >= 15 is 0 Å². The molecule has 1 fully saturated rings. The zero-order valence-corrected chi connectivity index (χ0v) is 13.2. The number of nitrogens with one attached hydrogen (secondary N) is 1. The molecule has 3 nitrogen and oxygen atoms in total. The summed E-state index contributed by atoms with van der Waals surface area (Å²) >= 11 is 3.45. The number of carbonyl (C=O) groups excluding carboxylic acids is 1. The number of halogens is 1. The van der Waals surface area contributed by atoms with Gasteiger partial charge in [-0.05, 0) is 66.0 Å². The molecular formula is C15H21BrN2O. The minimum absolute atomic E-state index is 0.0156. The molecule has 1 heterocycles. The van der Waals surface area contributed by atoms with Crippen molar-refractivity contribution in [2.24, 2.45) is 5.92 Å². The molecule has 0 radical (unpaired) electrons. The molecule has 1 N–H and O–H groups in total. The summed E-state index contributed by atoms with van der Waals surface area (Å²) in [5.74, 6) is 0.606. The zero-order valence-electron chi connectivity index (χ0n) is 11.6. The summed E-state index contributed by atoms with van der Waals surface area (Å²) < 4.78 is 0.867. The van der Waals surface area contributed by atoms with E-state index in [1.165, 1.54) is 6.42 Å². The van der Waals surface area contributed by atoms with Crippen molar-refractivity contribution >= 4 is 21.8 Å². The van der Waals surface area contributed by atoms with E-state index in [1.807, 2.05) is 25.1 Å². The maximum Gasteiger partial charge on any atom is 0.252 e. The first kappa shape index (κ1) is 14.5. The van der Waals surface area contributed by atoms with E-state index in [0.717, 1.165) is 41.8 Å². The van der Waals surface area contributed by atoms with Gasteiger partial charge in [0.15, 0.2) is 0 Å². The van der Waals surface area contributed by atoms with Gasteiger partial charge in [0.25, 0.3) is 5.91 Å². The molecule has 1 unspecified atom stereocenters. The van der Waals surface area contributed by atoms with Crippen LogP contribution in [0.25, 0.3) is 0 Å². The monoisotopic (exact) mass is 324 g/mol. The average molecular weight is 325 g/mol. The highest BCUT2D eigenvalue weighted by Gasteiger charge is 2.21. The van der Waals surface area contributed by atoms with E-state index in [0.29, 0.717) is 5.92 Å². The molecule has 1 saturated heterocycles. The highest BCUT2D eigenvalue weighted by molar-refractivity contribution is 9.10. The van der Waals surface area contributed by atoms with Crippen molar-refractivity contribution in [2.45, 2.75) is 20.3 Å². The molecule has 1 aromatic rings. The number of rotatable bonds is 4. The van der Waals surface area contributed by atoms with Gasteiger partial charge in [0.05, 0.1) is 5.56 Å². The molecule has 1 atom stereocenters. The number of aryl methyl sites for hydroxylation is 1. The van der Waals surface area contributed by atoms with E-state index in [2.05, 4.69) is 33.1 Å². The lowest BCUT2D eigenvalue weighted by Gasteiger charge is -2.14. The minimum atomic E-state index is 0.0156. The van der Waals surface area contributed by atoms with Gasteiger partial charge in [-0.3, -0.25) is 4.79 Å². The van der Waals surface area contributed by atoms with Crippen LogP contribution in [0.2, 0.25) is 0 Å². The Morgan fingerprint density at radius 2 is 2.32 bits per heavy atom. The first-order valence-corrected chi connectivity index (χ1v) is 7.66. The molecule has 1 aromatic carbocycles. The van der Waals surface area contributed by atoms with Crippen LogP contribution >= 0.6 is 15.9 Å². The summed E-state index contributed by atoms with van der Waals surface area (Å²) in [5.41, 5.74) is 1.87. The Kier molecular flexibility index (Phi) is 4.99. The van der Waals surface area contributed by atoms with E-state index in [-0.39, 0.29) is 5.91 Å². The Hall–Kier alpha value is -0.870. The van der Waals surface area contributed by atoms with E-state index in [9.17, 15) is 4.79 Å². The van der Waals surface area contributed by atoms with Gasteiger partial charge in [-0.25, -0.2) is 0 Å². The normalized spacial score (nSPS) is 19.6. The second-order valence-corrected chi connectivity index (χ2v) is 6.10. The molecule has 104 valence electrons. The number of nitrogens with zero attached hydrogens (tertiary/aromatic N) is 1. The number of benzene rings is 1. The standard InChI is InChI=1S/C15H21BrN2O/c1-3-18-7-6-12(10-18)9-17-15(19)13-5-4-11(2)8-14(13)16/h4-5,8,12H,3,6-7,9-10H2,1-2H3,(H,17,19). The second kappa shape index (κ2) is 6.53. The Morgan fingerprint density at radius 1 is 1.53 bits per heavy atom. The lowest BCUT2D eigenvalue weighted by molar-refractivity contribution is 0.0946. The molecular weight excluding hydrogens is 304 g/mol. The third kappa shape index (κ3) is 3.80. The quantitative estimate of drug-likeness (QED) is 0.923. The molecule has 0 spiro atoms. The second-order valence-electron chi connectivity index (χ2n) is 5.24. The Morgan fingerprint density at radius 3 is 2.95 bits per heavy atom. The van der Waals surface area contributed by atoms with Crippen molar-refractivity contribution < 1.29 is 4.79 Å². The van der Waals surface area contributed by atoms with Crippen LogP contribution in [0.15, 0.2) is 22.7 Å². The number of carbonyl (C=O) groups is 1. The Balaban J connectivity index is 1.88. The van der Waals surface area contributed by atoms with Crippen molar-refractivity contribution in [1.82, 2.24) is 10.2 Å². The molecule has 0 aliphatic carbocycles. The summed E-state index contributed by atoms with van der Waals surface area (Å²) in [6.45, 7) is 8.34. The Labute approximate surface area is 123 Å². The van der Waals surface area contributed by atoms with E-state index < -0.39 is 0 Å². The van der Waals surface area contributed by atoms with Crippen molar-refractivity contribution in [3.63, 3.8) is 0 Å². The fraction of sp³-hybridized carbons (Fsp3) is 0.533. The van der Waals surface area contributed by atoms with Gasteiger partial charge in [-0.15, -0.1) is 0 Å². The summed E-state index contributed by atoms with van der Waals surface area (Å²) in [6, 6.07) is 5.82. The molecule has 0 saturated carbocycles. The van der Waals surface area contributed by atoms with Crippen LogP contribution < -0.4 is 5.32 Å². The number of amides is 1. The van der Waals surface area contributed by atoms with Crippen LogP contribution in [0.1, 0.15) is 29.3 Å². The van der Waals surface area contributed by atoms with Gasteiger partial charge in [0, 0.05) is 17.6 Å². The molecule has 1 amide bonds. The summed E-state index contributed by atoms with van der Waals surface area (Å²) in [6.07, 6.45) is 1.18. The van der Waals surface area contributed by atoms with Gasteiger partial charge in [0.1, 0.15) is 0 Å². The smallest absolute Gasteiger partial charge is 0.252 e. The molecule has 1 aliphatic heterocycles. The van der Waals surface area contributed by atoms with Crippen LogP contribution in [0.3, 0.4) is 0 Å². The molecule has 0 bridgehead atoms. The third-order valence-corrected chi connectivity index (χ3v) is 4.39. The highest BCUT2D eigenvalue weighted by Crippen LogP contribution is 2.19. The Bertz CT molecular complexity index is 461. The van der Waals surface area contributed by atoms with Crippen LogP contribution in [0, 0.1) is 12.8 Å². The maximum atomic E-state index is 12.1.